The van der Waals surface area contributed by atoms with Gasteiger partial charge in [-0.15, -0.1) is 0 Å². The van der Waals surface area contributed by atoms with E-state index in [1.54, 1.807) is 6.07 Å². The Labute approximate surface area is 124 Å². The molecule has 2 heterocycles. The fourth-order valence-electron chi connectivity index (χ4n) is 2.86. The summed E-state index contributed by atoms with van der Waals surface area (Å²) >= 11 is 0. The molecule has 5 heteroatoms. The maximum absolute atomic E-state index is 12.2. The van der Waals surface area contributed by atoms with Crippen LogP contribution in [0.4, 0.5) is 5.82 Å². The Morgan fingerprint density at radius 2 is 2.29 bits per heavy atom. The summed E-state index contributed by atoms with van der Waals surface area (Å²) in [6.07, 6.45) is 1.13. The number of hydrogen-bond acceptors (Lipinski definition) is 4. The van der Waals surface area contributed by atoms with Crippen LogP contribution >= 0.6 is 0 Å². The molecule has 3 N–H and O–H groups in total. The summed E-state index contributed by atoms with van der Waals surface area (Å²) in [5, 5.41) is 4.79. The third-order valence-electron chi connectivity index (χ3n) is 4.04. The fraction of sp³-hybridized carbons (Fsp3) is 0.375. The zero-order valence-corrected chi connectivity index (χ0v) is 12.2. The van der Waals surface area contributed by atoms with E-state index in [9.17, 15) is 4.79 Å². The lowest BCUT2D eigenvalue weighted by molar-refractivity contribution is 0.0943. The van der Waals surface area contributed by atoms with E-state index in [4.69, 9.17) is 5.73 Å². The van der Waals surface area contributed by atoms with Gasteiger partial charge in [0.2, 0.25) is 0 Å². The molecule has 1 aliphatic rings. The zero-order chi connectivity index (χ0) is 14.8. The van der Waals surface area contributed by atoms with Crippen LogP contribution in [0.2, 0.25) is 0 Å². The van der Waals surface area contributed by atoms with E-state index in [0.29, 0.717) is 24.0 Å². The second-order valence-corrected chi connectivity index (χ2v) is 5.74. The summed E-state index contributed by atoms with van der Waals surface area (Å²) in [6.45, 7) is 2.83. The molecule has 1 saturated heterocycles. The predicted molar refractivity (Wildman–Crippen MR) is 84.1 cm³/mol. The van der Waals surface area contributed by atoms with Crippen LogP contribution < -0.4 is 11.1 Å². The highest BCUT2D eigenvalue weighted by atomic mass is 16.1. The second-order valence-electron chi connectivity index (χ2n) is 5.74. The Hall–Kier alpha value is -2.14. The minimum absolute atomic E-state index is 0.151. The van der Waals surface area contributed by atoms with Crippen molar-refractivity contribution in [3.63, 3.8) is 0 Å². The van der Waals surface area contributed by atoms with Gasteiger partial charge in [-0.05, 0) is 37.4 Å². The normalized spacial score (nSPS) is 19.0. The maximum Gasteiger partial charge on any atom is 0.270 e. The first-order chi connectivity index (χ1) is 10.1. The molecule has 0 radical (unpaired) electrons. The Morgan fingerprint density at radius 1 is 1.48 bits per heavy atom. The van der Waals surface area contributed by atoms with Crippen molar-refractivity contribution in [2.75, 3.05) is 32.4 Å². The number of nitrogens with one attached hydrogen (secondary N) is 1. The molecule has 110 valence electrons. The Morgan fingerprint density at radius 3 is 3.05 bits per heavy atom. The largest absolute Gasteiger partial charge is 0.383 e. The van der Waals surface area contributed by atoms with Crippen LogP contribution in [0.3, 0.4) is 0 Å². The molecule has 1 aromatic heterocycles. The standard InChI is InChI=1S/C16H20N4O/c1-20-7-6-11(10-20)9-18-16(21)14-8-12-4-2-3-5-13(12)15(17)19-14/h2-5,8,11H,6-7,9-10H2,1H3,(H2,17,19)(H,18,21). The van der Waals surface area contributed by atoms with Crippen LogP contribution in [-0.2, 0) is 0 Å². The van der Waals surface area contributed by atoms with E-state index < -0.39 is 0 Å². The summed E-state index contributed by atoms with van der Waals surface area (Å²) in [4.78, 5) is 18.7. The third-order valence-corrected chi connectivity index (χ3v) is 4.04. The van der Waals surface area contributed by atoms with Crippen molar-refractivity contribution < 1.29 is 4.79 Å². The van der Waals surface area contributed by atoms with Crippen LogP contribution in [0.1, 0.15) is 16.9 Å². The van der Waals surface area contributed by atoms with E-state index in [1.807, 2.05) is 24.3 Å². The Bertz CT molecular complexity index is 670. The number of nitrogens with zero attached hydrogens (tertiary/aromatic N) is 2. The average molecular weight is 284 g/mol. The van der Waals surface area contributed by atoms with Crippen LogP contribution in [0.5, 0.6) is 0 Å². The number of amides is 1. The number of anilines is 1. The lowest BCUT2D eigenvalue weighted by atomic mass is 10.1. The van der Waals surface area contributed by atoms with Crippen molar-refractivity contribution in [2.24, 2.45) is 5.92 Å². The van der Waals surface area contributed by atoms with Gasteiger partial charge in [0.05, 0.1) is 0 Å². The first kappa shape index (κ1) is 13.8. The van der Waals surface area contributed by atoms with Crippen molar-refractivity contribution in [2.45, 2.75) is 6.42 Å². The molecule has 1 aliphatic heterocycles. The number of hydrogen-bond donors (Lipinski definition) is 2. The van der Waals surface area contributed by atoms with Crippen molar-refractivity contribution >= 4 is 22.5 Å². The van der Waals surface area contributed by atoms with Gasteiger partial charge in [-0.25, -0.2) is 4.98 Å². The molecule has 1 fully saturated rings. The van der Waals surface area contributed by atoms with Gasteiger partial charge in [0.1, 0.15) is 11.5 Å². The number of rotatable bonds is 3. The summed E-state index contributed by atoms with van der Waals surface area (Å²) in [6, 6.07) is 9.49. The van der Waals surface area contributed by atoms with Crippen molar-refractivity contribution in [3.05, 3.63) is 36.0 Å². The molecule has 0 aliphatic carbocycles. The van der Waals surface area contributed by atoms with Crippen LogP contribution in [0, 0.1) is 5.92 Å². The monoisotopic (exact) mass is 284 g/mol. The molecule has 1 aromatic carbocycles. The molecule has 1 amide bonds. The SMILES string of the molecule is CN1CCC(CNC(=O)c2cc3ccccc3c(N)n2)C1. The minimum atomic E-state index is -0.151. The second kappa shape index (κ2) is 5.69. The van der Waals surface area contributed by atoms with Crippen molar-refractivity contribution in [3.8, 4) is 0 Å². The van der Waals surface area contributed by atoms with Gasteiger partial charge in [0, 0.05) is 18.5 Å². The number of carbonyl (C=O) groups is 1. The first-order valence-electron chi connectivity index (χ1n) is 7.25. The van der Waals surface area contributed by atoms with E-state index >= 15 is 0 Å². The Balaban J connectivity index is 1.72. The van der Waals surface area contributed by atoms with E-state index in [2.05, 4.69) is 22.2 Å². The topological polar surface area (TPSA) is 71.2 Å². The molecule has 0 saturated carbocycles. The van der Waals surface area contributed by atoms with Gasteiger partial charge in [-0.2, -0.15) is 0 Å². The van der Waals surface area contributed by atoms with Gasteiger partial charge in [-0.1, -0.05) is 24.3 Å². The molecule has 0 spiro atoms. The molecule has 5 nitrogen and oxygen atoms in total. The lowest BCUT2D eigenvalue weighted by Gasteiger charge is -2.12. The summed E-state index contributed by atoms with van der Waals surface area (Å²) < 4.78 is 0. The van der Waals surface area contributed by atoms with Gasteiger partial charge < -0.3 is 16.0 Å². The molecule has 0 bridgehead atoms. The first-order valence-corrected chi connectivity index (χ1v) is 7.25. The molecule has 1 atom stereocenters. The molecule has 3 rings (SSSR count). The van der Waals surface area contributed by atoms with E-state index in [1.165, 1.54) is 0 Å². The number of carbonyl (C=O) groups excluding carboxylic acids is 1. The quantitative estimate of drug-likeness (QED) is 0.896. The molecule has 1 unspecified atom stereocenters. The highest BCUT2D eigenvalue weighted by Crippen LogP contribution is 2.20. The third kappa shape index (κ3) is 2.97. The molecular weight excluding hydrogens is 264 g/mol. The Kier molecular flexibility index (Phi) is 3.75. The smallest absolute Gasteiger partial charge is 0.270 e. The van der Waals surface area contributed by atoms with Gasteiger partial charge in [-0.3, -0.25) is 4.79 Å². The molecular formula is C16H20N4O. The number of nitrogen functional groups attached to an aromatic ring is 1. The summed E-state index contributed by atoms with van der Waals surface area (Å²) in [5.41, 5.74) is 6.32. The number of pyridine rings is 1. The van der Waals surface area contributed by atoms with Crippen molar-refractivity contribution in [1.82, 2.24) is 15.2 Å². The number of aromatic nitrogens is 1. The number of fused-ring (bicyclic) bond motifs is 1. The number of likely N-dealkylation sites (tertiary alicyclic amines) is 1. The maximum atomic E-state index is 12.2. The van der Waals surface area contributed by atoms with Gasteiger partial charge >= 0.3 is 0 Å². The zero-order valence-electron chi connectivity index (χ0n) is 12.2. The van der Waals surface area contributed by atoms with Crippen LogP contribution in [0.15, 0.2) is 30.3 Å². The van der Waals surface area contributed by atoms with Gasteiger partial charge in [0.15, 0.2) is 0 Å². The van der Waals surface area contributed by atoms with Crippen LogP contribution in [0.25, 0.3) is 10.8 Å². The van der Waals surface area contributed by atoms with E-state index in [-0.39, 0.29) is 5.91 Å². The minimum Gasteiger partial charge on any atom is -0.383 e. The van der Waals surface area contributed by atoms with E-state index in [0.717, 1.165) is 30.3 Å². The van der Waals surface area contributed by atoms with Crippen LogP contribution in [-0.4, -0.2) is 42.5 Å². The average Bonchev–Trinajstić information content (AvgIpc) is 2.90. The number of nitrogens with two attached hydrogens (primary N) is 1. The lowest BCUT2D eigenvalue weighted by Crippen LogP contribution is -2.31. The fourth-order valence-corrected chi connectivity index (χ4v) is 2.86. The summed E-state index contributed by atoms with van der Waals surface area (Å²) in [5.74, 6) is 0.776. The molecule has 2 aromatic rings. The van der Waals surface area contributed by atoms with Crippen molar-refractivity contribution in [1.29, 1.82) is 0 Å². The molecule has 21 heavy (non-hydrogen) atoms. The highest BCUT2D eigenvalue weighted by Gasteiger charge is 2.20. The highest BCUT2D eigenvalue weighted by molar-refractivity contribution is 5.99. The number of benzene rings is 1. The van der Waals surface area contributed by atoms with Gasteiger partial charge in [0.25, 0.3) is 5.91 Å². The summed E-state index contributed by atoms with van der Waals surface area (Å²) in [7, 11) is 2.10. The predicted octanol–water partition coefficient (Wildman–Crippen LogP) is 1.50.